The minimum Gasteiger partial charge on any atom is -0.394 e. The van der Waals surface area contributed by atoms with Crippen LogP contribution in [0.3, 0.4) is 0 Å². The average Bonchev–Trinajstić information content (AvgIpc) is 3.24. The summed E-state index contributed by atoms with van der Waals surface area (Å²) in [7, 11) is 0. The fraction of sp³-hybridized carbons (Fsp3) is 1.00. The lowest BCUT2D eigenvalue weighted by molar-refractivity contribution is -0.265. The molecular weight excluding hydrogens is 350 g/mol. The zero-order chi connectivity index (χ0) is 19.0. The molecule has 2 aliphatic heterocycles. The van der Waals surface area contributed by atoms with Gasteiger partial charge in [-0.1, -0.05) is 0 Å². The number of aliphatic hydroxyl groups excluding tert-OH is 1. The van der Waals surface area contributed by atoms with Gasteiger partial charge in [0.15, 0.2) is 12.6 Å². The zero-order valence-corrected chi connectivity index (χ0v) is 16.0. The summed E-state index contributed by atoms with van der Waals surface area (Å²) in [5, 5.41) is 9.27. The van der Waals surface area contributed by atoms with Crippen LogP contribution in [0.4, 0.5) is 0 Å². The summed E-state index contributed by atoms with van der Waals surface area (Å²) in [5.41, 5.74) is 18.8. The molecule has 27 heavy (non-hydrogen) atoms. The van der Waals surface area contributed by atoms with E-state index in [9.17, 15) is 5.11 Å². The van der Waals surface area contributed by atoms with Gasteiger partial charge in [0.05, 0.1) is 24.9 Å². The molecule has 0 amide bonds. The van der Waals surface area contributed by atoms with Gasteiger partial charge in [-0.25, -0.2) is 0 Å². The van der Waals surface area contributed by atoms with Gasteiger partial charge in [-0.05, 0) is 51.4 Å². The van der Waals surface area contributed by atoms with Crippen molar-refractivity contribution in [2.24, 2.45) is 17.2 Å². The van der Waals surface area contributed by atoms with Gasteiger partial charge in [0.2, 0.25) is 0 Å². The monoisotopic (exact) mass is 385 g/mol. The van der Waals surface area contributed by atoms with Crippen molar-refractivity contribution in [3.8, 4) is 0 Å². The number of ether oxygens (including phenoxy) is 4. The molecule has 4 rings (SSSR count). The SMILES string of the molecule is NC1CC(N)[C@@H](O[C@@H]2CCCC(C3(N)CC3)O2)C(OC2CCC(CO)O2)C1. The molecule has 8 heteroatoms. The lowest BCUT2D eigenvalue weighted by Gasteiger charge is -2.43. The van der Waals surface area contributed by atoms with Crippen LogP contribution in [0.5, 0.6) is 0 Å². The van der Waals surface area contributed by atoms with Gasteiger partial charge in [-0.3, -0.25) is 0 Å². The zero-order valence-electron chi connectivity index (χ0n) is 16.0. The molecule has 0 spiro atoms. The van der Waals surface area contributed by atoms with E-state index >= 15 is 0 Å². The molecular formula is C19H35N3O5. The largest absolute Gasteiger partial charge is 0.394 e. The minimum atomic E-state index is -0.338. The Kier molecular flexibility index (Phi) is 6.06. The van der Waals surface area contributed by atoms with E-state index in [-0.39, 0.29) is 61.2 Å². The average molecular weight is 386 g/mol. The van der Waals surface area contributed by atoms with Crippen molar-refractivity contribution >= 4 is 0 Å². The smallest absolute Gasteiger partial charge is 0.158 e. The molecule has 2 aliphatic carbocycles. The summed E-state index contributed by atoms with van der Waals surface area (Å²) in [4.78, 5) is 0. The normalized spacial score (nSPS) is 47.1. The molecule has 0 bridgehead atoms. The first-order valence-electron chi connectivity index (χ1n) is 10.5. The maximum atomic E-state index is 9.27. The van der Waals surface area contributed by atoms with Gasteiger partial charge in [0.1, 0.15) is 6.10 Å². The van der Waals surface area contributed by atoms with Crippen molar-refractivity contribution in [3.05, 3.63) is 0 Å². The van der Waals surface area contributed by atoms with Crippen LogP contribution < -0.4 is 17.2 Å². The summed E-state index contributed by atoms with van der Waals surface area (Å²) in [6.45, 7) is 0.0155. The Labute approximate surface area is 161 Å². The molecule has 8 atom stereocenters. The Balaban J connectivity index is 1.37. The molecule has 4 fully saturated rings. The van der Waals surface area contributed by atoms with Crippen LogP contribution in [0.2, 0.25) is 0 Å². The first kappa shape index (κ1) is 20.0. The Morgan fingerprint density at radius 3 is 2.44 bits per heavy atom. The maximum absolute atomic E-state index is 9.27. The molecule has 7 N–H and O–H groups in total. The van der Waals surface area contributed by atoms with Crippen molar-refractivity contribution < 1.29 is 24.1 Å². The van der Waals surface area contributed by atoms with Gasteiger partial charge in [-0.15, -0.1) is 0 Å². The molecule has 0 aromatic rings. The molecule has 4 aliphatic rings. The molecule has 8 nitrogen and oxygen atoms in total. The van der Waals surface area contributed by atoms with Crippen LogP contribution in [0, 0.1) is 0 Å². The Hall–Kier alpha value is -0.320. The highest BCUT2D eigenvalue weighted by Crippen LogP contribution is 2.42. The van der Waals surface area contributed by atoms with Gasteiger partial charge >= 0.3 is 0 Å². The summed E-state index contributed by atoms with van der Waals surface area (Å²) < 4.78 is 24.4. The third kappa shape index (κ3) is 4.64. The van der Waals surface area contributed by atoms with Crippen molar-refractivity contribution in [2.75, 3.05) is 6.61 Å². The summed E-state index contributed by atoms with van der Waals surface area (Å²) in [6.07, 6.45) is 6.65. The van der Waals surface area contributed by atoms with Gasteiger partial charge < -0.3 is 41.3 Å². The number of hydrogen-bond acceptors (Lipinski definition) is 8. The number of rotatable bonds is 6. The second-order valence-electron chi connectivity index (χ2n) is 8.84. The summed E-state index contributed by atoms with van der Waals surface area (Å²) >= 11 is 0. The minimum absolute atomic E-state index is 0.0151. The van der Waals surface area contributed by atoms with E-state index < -0.39 is 0 Å². The fourth-order valence-electron chi connectivity index (χ4n) is 4.67. The summed E-state index contributed by atoms with van der Waals surface area (Å²) in [5.74, 6) is 0. The van der Waals surface area contributed by atoms with Gasteiger partial charge in [0, 0.05) is 24.0 Å². The summed E-state index contributed by atoms with van der Waals surface area (Å²) in [6, 6.07) is -0.218. The molecule has 0 aromatic heterocycles. The van der Waals surface area contributed by atoms with E-state index in [2.05, 4.69) is 0 Å². The quantitative estimate of drug-likeness (QED) is 0.505. The van der Waals surface area contributed by atoms with E-state index in [1.165, 1.54) is 0 Å². The Bertz CT molecular complexity index is 506. The van der Waals surface area contributed by atoms with Crippen LogP contribution in [-0.2, 0) is 18.9 Å². The molecule has 2 heterocycles. The lowest BCUT2D eigenvalue weighted by atomic mass is 9.87. The van der Waals surface area contributed by atoms with Crippen LogP contribution in [0.25, 0.3) is 0 Å². The fourth-order valence-corrected chi connectivity index (χ4v) is 4.67. The molecule has 156 valence electrons. The molecule has 2 saturated heterocycles. The third-order valence-electron chi connectivity index (χ3n) is 6.50. The highest BCUT2D eigenvalue weighted by atomic mass is 16.7. The second kappa shape index (κ2) is 8.20. The van der Waals surface area contributed by atoms with E-state index in [0.717, 1.165) is 44.9 Å². The number of aliphatic hydroxyl groups is 1. The molecule has 0 radical (unpaired) electrons. The topological polar surface area (TPSA) is 135 Å². The van der Waals surface area contributed by atoms with Crippen molar-refractivity contribution in [1.82, 2.24) is 0 Å². The highest BCUT2D eigenvalue weighted by molar-refractivity contribution is 5.06. The second-order valence-corrected chi connectivity index (χ2v) is 8.84. The van der Waals surface area contributed by atoms with Crippen LogP contribution in [0.1, 0.15) is 57.8 Å². The van der Waals surface area contributed by atoms with Gasteiger partial charge in [-0.2, -0.15) is 0 Å². The third-order valence-corrected chi connectivity index (χ3v) is 6.50. The van der Waals surface area contributed by atoms with E-state index in [1.54, 1.807) is 0 Å². The Morgan fingerprint density at radius 2 is 1.74 bits per heavy atom. The van der Waals surface area contributed by atoms with Crippen molar-refractivity contribution in [3.63, 3.8) is 0 Å². The highest BCUT2D eigenvalue weighted by Gasteiger charge is 2.49. The lowest BCUT2D eigenvalue weighted by Crippen LogP contribution is -2.57. The molecule has 2 saturated carbocycles. The van der Waals surface area contributed by atoms with E-state index in [1.807, 2.05) is 0 Å². The predicted molar refractivity (Wildman–Crippen MR) is 98.6 cm³/mol. The number of nitrogens with two attached hydrogens (primary N) is 3. The first-order chi connectivity index (χ1) is 13.0. The first-order valence-corrected chi connectivity index (χ1v) is 10.5. The van der Waals surface area contributed by atoms with Crippen molar-refractivity contribution in [2.45, 2.75) is 112 Å². The van der Waals surface area contributed by atoms with E-state index in [4.69, 9.17) is 36.1 Å². The van der Waals surface area contributed by atoms with E-state index in [0.29, 0.717) is 12.8 Å². The standard InChI is InChI=1S/C19H35N3O5/c20-11-8-13(21)18(14(9-11)25-17-5-4-12(10-23)24-17)27-16-3-1-2-15(26-16)19(22)6-7-19/h11-18,23H,1-10,20-22H2/t11?,12?,13?,14?,15?,16-,17?,18-/m1/s1. The van der Waals surface area contributed by atoms with Gasteiger partial charge in [0.25, 0.3) is 0 Å². The van der Waals surface area contributed by atoms with Crippen molar-refractivity contribution in [1.29, 1.82) is 0 Å². The van der Waals surface area contributed by atoms with Crippen LogP contribution in [0.15, 0.2) is 0 Å². The Morgan fingerprint density at radius 1 is 0.963 bits per heavy atom. The molecule has 6 unspecified atom stereocenters. The predicted octanol–water partition coefficient (Wildman–Crippen LogP) is 0.0891. The number of hydrogen-bond donors (Lipinski definition) is 4. The van der Waals surface area contributed by atoms with Crippen LogP contribution in [-0.4, -0.2) is 66.3 Å². The molecule has 0 aromatic carbocycles. The van der Waals surface area contributed by atoms with Crippen LogP contribution >= 0.6 is 0 Å². The maximum Gasteiger partial charge on any atom is 0.158 e.